The van der Waals surface area contributed by atoms with Crippen molar-refractivity contribution in [3.63, 3.8) is 0 Å². The summed E-state index contributed by atoms with van der Waals surface area (Å²) >= 11 is 0. The van der Waals surface area contributed by atoms with Gasteiger partial charge in [-0.25, -0.2) is 4.39 Å². The van der Waals surface area contributed by atoms with Crippen molar-refractivity contribution in [3.8, 4) is 5.75 Å². The molecule has 106 valence electrons. The largest absolute Gasteiger partial charge is 0.489 e. The minimum absolute atomic E-state index is 0.317. The molecule has 0 spiro atoms. The molecular weight excluding hydrogens is 253 g/mol. The van der Waals surface area contributed by atoms with E-state index in [-0.39, 0.29) is 11.9 Å². The summed E-state index contributed by atoms with van der Waals surface area (Å²) in [6, 6.07) is 10.6. The van der Waals surface area contributed by atoms with Crippen molar-refractivity contribution < 1.29 is 9.13 Å². The van der Waals surface area contributed by atoms with Gasteiger partial charge < -0.3 is 10.5 Å². The molecule has 0 heterocycles. The first-order valence-corrected chi connectivity index (χ1v) is 6.72. The van der Waals surface area contributed by atoms with Gasteiger partial charge in [0.25, 0.3) is 0 Å². The van der Waals surface area contributed by atoms with Gasteiger partial charge in [0.05, 0.1) is 0 Å². The van der Waals surface area contributed by atoms with Crippen LogP contribution in [-0.4, -0.2) is 0 Å². The molecule has 0 aliphatic rings. The Morgan fingerprint density at radius 2 is 1.80 bits per heavy atom. The fraction of sp³-hybridized carbons (Fsp3) is 0.294. The first-order chi connectivity index (χ1) is 9.49. The number of ether oxygens (including phenoxy) is 1. The predicted molar refractivity (Wildman–Crippen MR) is 79.3 cm³/mol. The SMILES string of the molecule is Cc1cccc(C)c1COc1ccc([C@@H](C)N)c(F)c1. The maximum Gasteiger partial charge on any atom is 0.131 e. The summed E-state index contributed by atoms with van der Waals surface area (Å²) in [7, 11) is 0. The maximum absolute atomic E-state index is 13.8. The zero-order chi connectivity index (χ0) is 14.7. The summed E-state index contributed by atoms with van der Waals surface area (Å²) in [4.78, 5) is 0. The summed E-state index contributed by atoms with van der Waals surface area (Å²) in [6.45, 7) is 6.29. The average molecular weight is 273 g/mol. The fourth-order valence-electron chi connectivity index (χ4n) is 2.20. The van der Waals surface area contributed by atoms with Crippen LogP contribution in [0.15, 0.2) is 36.4 Å². The van der Waals surface area contributed by atoms with E-state index in [1.807, 2.05) is 32.0 Å². The summed E-state index contributed by atoms with van der Waals surface area (Å²) < 4.78 is 19.5. The summed E-state index contributed by atoms with van der Waals surface area (Å²) in [5, 5.41) is 0. The van der Waals surface area contributed by atoms with Crippen LogP contribution < -0.4 is 10.5 Å². The Balaban J connectivity index is 2.14. The second kappa shape index (κ2) is 6.06. The topological polar surface area (TPSA) is 35.2 Å². The Bertz CT molecular complexity index is 588. The molecule has 0 amide bonds. The van der Waals surface area contributed by atoms with Crippen molar-refractivity contribution in [2.75, 3.05) is 0 Å². The molecule has 2 aromatic carbocycles. The number of rotatable bonds is 4. The highest BCUT2D eigenvalue weighted by molar-refractivity contribution is 5.34. The van der Waals surface area contributed by atoms with Crippen LogP contribution in [0.4, 0.5) is 4.39 Å². The first-order valence-electron chi connectivity index (χ1n) is 6.72. The molecule has 0 aliphatic carbocycles. The van der Waals surface area contributed by atoms with Gasteiger partial charge in [-0.05, 0) is 43.5 Å². The van der Waals surface area contributed by atoms with Crippen molar-refractivity contribution in [2.45, 2.75) is 33.4 Å². The van der Waals surface area contributed by atoms with Gasteiger partial charge in [-0.15, -0.1) is 0 Å². The lowest BCUT2D eigenvalue weighted by Crippen LogP contribution is -2.07. The maximum atomic E-state index is 13.8. The van der Waals surface area contributed by atoms with Gasteiger partial charge in [-0.1, -0.05) is 24.3 Å². The van der Waals surface area contributed by atoms with Gasteiger partial charge in [0.1, 0.15) is 18.2 Å². The second-order valence-corrected chi connectivity index (χ2v) is 5.13. The van der Waals surface area contributed by atoms with E-state index in [1.165, 1.54) is 17.2 Å². The van der Waals surface area contributed by atoms with E-state index >= 15 is 0 Å². The highest BCUT2D eigenvalue weighted by atomic mass is 19.1. The van der Waals surface area contributed by atoms with Gasteiger partial charge in [0, 0.05) is 17.7 Å². The number of halogens is 1. The lowest BCUT2D eigenvalue weighted by molar-refractivity contribution is 0.302. The van der Waals surface area contributed by atoms with Crippen LogP contribution in [0, 0.1) is 19.7 Å². The number of benzene rings is 2. The normalized spacial score (nSPS) is 12.2. The second-order valence-electron chi connectivity index (χ2n) is 5.13. The molecule has 0 radical (unpaired) electrons. The Morgan fingerprint density at radius 3 is 2.35 bits per heavy atom. The summed E-state index contributed by atoms with van der Waals surface area (Å²) in [5.41, 5.74) is 9.69. The van der Waals surface area contributed by atoms with E-state index in [9.17, 15) is 4.39 Å². The molecule has 0 bridgehead atoms. The lowest BCUT2D eigenvalue weighted by Gasteiger charge is -2.13. The molecule has 3 heteroatoms. The first kappa shape index (κ1) is 14.5. The van der Waals surface area contributed by atoms with E-state index < -0.39 is 0 Å². The van der Waals surface area contributed by atoms with Crippen LogP contribution in [0.5, 0.6) is 5.75 Å². The third-order valence-corrected chi connectivity index (χ3v) is 3.49. The predicted octanol–water partition coefficient (Wildman–Crippen LogP) is 4.04. The van der Waals surface area contributed by atoms with Gasteiger partial charge >= 0.3 is 0 Å². The van der Waals surface area contributed by atoms with E-state index in [1.54, 1.807) is 19.1 Å². The summed E-state index contributed by atoms with van der Waals surface area (Å²) in [6.07, 6.45) is 0. The zero-order valence-electron chi connectivity index (χ0n) is 12.1. The van der Waals surface area contributed by atoms with Crippen LogP contribution in [-0.2, 0) is 6.61 Å². The minimum atomic E-state index is -0.320. The highest BCUT2D eigenvalue weighted by Crippen LogP contribution is 2.22. The standard InChI is InChI=1S/C17H20FNO/c1-11-5-4-6-12(2)16(11)10-20-14-7-8-15(13(3)19)17(18)9-14/h4-9,13H,10,19H2,1-3H3/t13-/m1/s1. The number of hydrogen-bond donors (Lipinski definition) is 1. The molecule has 0 saturated carbocycles. The number of aryl methyl sites for hydroxylation is 2. The van der Waals surface area contributed by atoms with Gasteiger partial charge in [-0.3, -0.25) is 0 Å². The highest BCUT2D eigenvalue weighted by Gasteiger charge is 2.09. The lowest BCUT2D eigenvalue weighted by atomic mass is 10.0. The molecule has 0 unspecified atom stereocenters. The van der Waals surface area contributed by atoms with Crippen LogP contribution in [0.25, 0.3) is 0 Å². The number of nitrogens with two attached hydrogens (primary N) is 1. The van der Waals surface area contributed by atoms with Crippen LogP contribution in [0.2, 0.25) is 0 Å². The molecule has 2 rings (SSSR count). The third kappa shape index (κ3) is 3.17. The van der Waals surface area contributed by atoms with E-state index in [0.29, 0.717) is 17.9 Å². The molecule has 1 atom stereocenters. The Hall–Kier alpha value is -1.87. The molecule has 0 fully saturated rings. The molecule has 0 aromatic heterocycles. The zero-order valence-corrected chi connectivity index (χ0v) is 12.1. The quantitative estimate of drug-likeness (QED) is 0.912. The average Bonchev–Trinajstić information content (AvgIpc) is 2.37. The summed E-state index contributed by atoms with van der Waals surface area (Å²) in [5.74, 6) is 0.202. The molecule has 20 heavy (non-hydrogen) atoms. The third-order valence-electron chi connectivity index (χ3n) is 3.49. The Morgan fingerprint density at radius 1 is 1.15 bits per heavy atom. The fourth-order valence-corrected chi connectivity index (χ4v) is 2.20. The van der Waals surface area contributed by atoms with Crippen molar-refractivity contribution in [2.24, 2.45) is 5.73 Å². The molecular formula is C17H20FNO. The molecule has 0 saturated heterocycles. The van der Waals surface area contributed by atoms with Crippen molar-refractivity contribution in [1.82, 2.24) is 0 Å². The van der Waals surface area contributed by atoms with Crippen LogP contribution >= 0.6 is 0 Å². The van der Waals surface area contributed by atoms with E-state index in [4.69, 9.17) is 10.5 Å². The van der Waals surface area contributed by atoms with Gasteiger partial charge in [0.15, 0.2) is 0 Å². The molecule has 0 aliphatic heterocycles. The van der Waals surface area contributed by atoms with E-state index in [2.05, 4.69) is 0 Å². The molecule has 2 N–H and O–H groups in total. The smallest absolute Gasteiger partial charge is 0.131 e. The Kier molecular flexibility index (Phi) is 4.40. The number of hydrogen-bond acceptors (Lipinski definition) is 2. The van der Waals surface area contributed by atoms with Crippen LogP contribution in [0.1, 0.15) is 35.2 Å². The monoisotopic (exact) mass is 273 g/mol. The molecule has 2 aromatic rings. The van der Waals surface area contributed by atoms with E-state index in [0.717, 1.165) is 5.56 Å². The molecule has 2 nitrogen and oxygen atoms in total. The van der Waals surface area contributed by atoms with Crippen LogP contribution in [0.3, 0.4) is 0 Å². The Labute approximate surface area is 119 Å². The van der Waals surface area contributed by atoms with Crippen molar-refractivity contribution >= 4 is 0 Å². The van der Waals surface area contributed by atoms with Gasteiger partial charge in [0.2, 0.25) is 0 Å². The van der Waals surface area contributed by atoms with Gasteiger partial charge in [-0.2, -0.15) is 0 Å². The van der Waals surface area contributed by atoms with Crippen molar-refractivity contribution in [3.05, 3.63) is 64.5 Å². The van der Waals surface area contributed by atoms with Crippen molar-refractivity contribution in [1.29, 1.82) is 0 Å². The minimum Gasteiger partial charge on any atom is -0.489 e.